The molecule has 0 spiro atoms. The summed E-state index contributed by atoms with van der Waals surface area (Å²) in [6, 6.07) is 9.66. The summed E-state index contributed by atoms with van der Waals surface area (Å²) < 4.78 is 4.92. The summed E-state index contributed by atoms with van der Waals surface area (Å²) in [7, 11) is 0. The number of nitro groups is 1. The van der Waals surface area contributed by atoms with Crippen molar-refractivity contribution < 1.29 is 24.0 Å². The van der Waals surface area contributed by atoms with E-state index in [1.807, 2.05) is 6.92 Å². The number of ether oxygens (including phenoxy) is 1. The molecule has 0 aliphatic heterocycles. The summed E-state index contributed by atoms with van der Waals surface area (Å²) in [5, 5.41) is 13.6. The maximum atomic E-state index is 12.2. The Kier molecular flexibility index (Phi) is 6.80. The second kappa shape index (κ2) is 9.26. The first-order valence-electron chi connectivity index (χ1n) is 8.46. The molecular formula is C19H19N3O6. The van der Waals surface area contributed by atoms with Crippen molar-refractivity contribution in [1.29, 1.82) is 0 Å². The number of hydrogen-bond acceptors (Lipinski definition) is 7. The molecule has 0 heterocycles. The lowest BCUT2D eigenvalue weighted by atomic mass is 10.1. The highest BCUT2D eigenvalue weighted by atomic mass is 16.6. The van der Waals surface area contributed by atoms with Gasteiger partial charge in [0.25, 0.3) is 5.69 Å². The van der Waals surface area contributed by atoms with Crippen LogP contribution < -0.4 is 11.1 Å². The zero-order chi connectivity index (χ0) is 20.7. The van der Waals surface area contributed by atoms with Crippen molar-refractivity contribution in [1.82, 2.24) is 0 Å². The summed E-state index contributed by atoms with van der Waals surface area (Å²) >= 11 is 0. The van der Waals surface area contributed by atoms with Gasteiger partial charge >= 0.3 is 5.97 Å². The third-order valence-electron chi connectivity index (χ3n) is 3.76. The monoisotopic (exact) mass is 385 g/mol. The van der Waals surface area contributed by atoms with Crippen molar-refractivity contribution in [3.05, 3.63) is 63.7 Å². The lowest BCUT2D eigenvalue weighted by molar-refractivity contribution is -0.383. The molecule has 28 heavy (non-hydrogen) atoms. The van der Waals surface area contributed by atoms with Crippen LogP contribution in [-0.2, 0) is 9.53 Å². The fraction of sp³-hybridized carbons (Fsp3) is 0.211. The first-order chi connectivity index (χ1) is 13.3. The Morgan fingerprint density at radius 1 is 1.11 bits per heavy atom. The Balaban J connectivity index is 1.96. The predicted octanol–water partition coefficient (Wildman–Crippen LogP) is 2.96. The maximum absolute atomic E-state index is 12.2. The van der Waals surface area contributed by atoms with Crippen LogP contribution in [0.2, 0.25) is 0 Å². The van der Waals surface area contributed by atoms with Gasteiger partial charge in [-0.3, -0.25) is 19.7 Å². The van der Waals surface area contributed by atoms with E-state index < -0.39 is 29.0 Å². The summed E-state index contributed by atoms with van der Waals surface area (Å²) in [6.07, 6.45) is 1.13. The number of nitro benzene ring substituents is 1. The minimum absolute atomic E-state index is 0.0799. The first-order valence-corrected chi connectivity index (χ1v) is 8.46. The molecule has 0 aliphatic carbocycles. The van der Waals surface area contributed by atoms with E-state index in [-0.39, 0.29) is 17.2 Å². The molecule has 2 rings (SSSR count). The van der Waals surface area contributed by atoms with Crippen molar-refractivity contribution in [3.8, 4) is 0 Å². The molecule has 0 bridgehead atoms. The summed E-state index contributed by atoms with van der Waals surface area (Å²) in [4.78, 5) is 45.9. The van der Waals surface area contributed by atoms with E-state index in [9.17, 15) is 24.5 Å². The number of nitrogens with two attached hydrogens (primary N) is 1. The molecule has 2 aromatic carbocycles. The van der Waals surface area contributed by atoms with Crippen LogP contribution in [0, 0.1) is 10.1 Å². The van der Waals surface area contributed by atoms with Gasteiger partial charge in [0.05, 0.1) is 10.5 Å². The number of carbonyl (C=O) groups excluding carboxylic acids is 3. The lowest BCUT2D eigenvalue weighted by Crippen LogP contribution is -2.15. The number of amides is 1. The van der Waals surface area contributed by atoms with Crippen molar-refractivity contribution in [2.24, 2.45) is 0 Å². The molecule has 0 atom stereocenters. The second-order valence-corrected chi connectivity index (χ2v) is 5.91. The van der Waals surface area contributed by atoms with Gasteiger partial charge < -0.3 is 15.8 Å². The van der Waals surface area contributed by atoms with E-state index in [4.69, 9.17) is 10.5 Å². The summed E-state index contributed by atoms with van der Waals surface area (Å²) in [5.41, 5.74) is 5.75. The molecule has 0 aliphatic rings. The molecule has 2 aromatic rings. The number of ketones is 1. The van der Waals surface area contributed by atoms with Gasteiger partial charge in [-0.1, -0.05) is 6.92 Å². The van der Waals surface area contributed by atoms with E-state index >= 15 is 0 Å². The second-order valence-electron chi connectivity index (χ2n) is 5.91. The molecule has 3 N–H and O–H groups in total. The van der Waals surface area contributed by atoms with E-state index in [0.717, 1.165) is 12.5 Å². The van der Waals surface area contributed by atoms with Crippen molar-refractivity contribution in [2.75, 3.05) is 17.7 Å². The zero-order valence-electron chi connectivity index (χ0n) is 15.1. The fourth-order valence-electron chi connectivity index (χ4n) is 2.32. The number of nitrogens with one attached hydrogen (secondary N) is 1. The molecule has 0 aromatic heterocycles. The van der Waals surface area contributed by atoms with Crippen LogP contribution in [0.3, 0.4) is 0 Å². The Morgan fingerprint density at radius 3 is 2.36 bits per heavy atom. The van der Waals surface area contributed by atoms with E-state index in [1.165, 1.54) is 24.3 Å². The zero-order valence-corrected chi connectivity index (χ0v) is 15.1. The fourth-order valence-corrected chi connectivity index (χ4v) is 2.32. The minimum atomic E-state index is -0.875. The van der Waals surface area contributed by atoms with Crippen molar-refractivity contribution in [2.45, 2.75) is 19.8 Å². The highest BCUT2D eigenvalue weighted by molar-refractivity contribution is 6.00. The number of benzene rings is 2. The van der Waals surface area contributed by atoms with Gasteiger partial charge in [0, 0.05) is 23.7 Å². The van der Waals surface area contributed by atoms with Crippen LogP contribution in [0.1, 0.15) is 40.5 Å². The number of Topliss-reactive ketones (excluding diaryl/α,β-unsaturated/α-hetero) is 1. The van der Waals surface area contributed by atoms with Crippen LogP contribution >= 0.6 is 0 Å². The third-order valence-corrected chi connectivity index (χ3v) is 3.76. The predicted molar refractivity (Wildman–Crippen MR) is 102 cm³/mol. The smallest absolute Gasteiger partial charge is 0.338 e. The Morgan fingerprint density at radius 2 is 1.75 bits per heavy atom. The van der Waals surface area contributed by atoms with Gasteiger partial charge in [-0.2, -0.15) is 0 Å². The van der Waals surface area contributed by atoms with E-state index in [2.05, 4.69) is 5.32 Å². The Labute approximate surface area is 160 Å². The van der Waals surface area contributed by atoms with Crippen LogP contribution in [-0.4, -0.2) is 29.2 Å². The average molecular weight is 385 g/mol. The first kappa shape index (κ1) is 20.6. The number of nitrogen functional groups attached to an aromatic ring is 1. The van der Waals surface area contributed by atoms with Gasteiger partial charge in [0.1, 0.15) is 5.69 Å². The van der Waals surface area contributed by atoms with E-state index in [0.29, 0.717) is 17.7 Å². The molecule has 9 nitrogen and oxygen atoms in total. The topological polar surface area (TPSA) is 142 Å². The van der Waals surface area contributed by atoms with Gasteiger partial charge in [0.2, 0.25) is 5.91 Å². The van der Waals surface area contributed by atoms with Gasteiger partial charge in [-0.05, 0) is 42.8 Å². The molecule has 9 heteroatoms. The minimum Gasteiger partial charge on any atom is -0.454 e. The molecule has 1 amide bonds. The molecule has 0 radical (unpaired) electrons. The number of anilines is 2. The number of esters is 1. The van der Waals surface area contributed by atoms with Gasteiger partial charge in [-0.25, -0.2) is 4.79 Å². The van der Waals surface area contributed by atoms with E-state index in [1.54, 1.807) is 12.1 Å². The quantitative estimate of drug-likeness (QED) is 0.234. The van der Waals surface area contributed by atoms with Crippen molar-refractivity contribution >= 4 is 34.7 Å². The highest BCUT2D eigenvalue weighted by Gasteiger charge is 2.18. The number of rotatable bonds is 8. The number of nitrogens with zero attached hydrogens (tertiary/aromatic N) is 1. The van der Waals surface area contributed by atoms with Crippen LogP contribution in [0.4, 0.5) is 17.1 Å². The number of hydrogen-bond donors (Lipinski definition) is 2. The van der Waals surface area contributed by atoms with Gasteiger partial charge in [0.15, 0.2) is 12.4 Å². The highest BCUT2D eigenvalue weighted by Crippen LogP contribution is 2.22. The molecule has 146 valence electrons. The van der Waals surface area contributed by atoms with Crippen LogP contribution in [0.25, 0.3) is 0 Å². The Hall–Kier alpha value is -3.75. The molecule has 0 saturated heterocycles. The average Bonchev–Trinajstić information content (AvgIpc) is 2.66. The molecular weight excluding hydrogens is 366 g/mol. The van der Waals surface area contributed by atoms with Gasteiger partial charge in [-0.15, -0.1) is 0 Å². The summed E-state index contributed by atoms with van der Waals surface area (Å²) in [5.74, 6) is -1.45. The molecule has 0 saturated carbocycles. The van der Waals surface area contributed by atoms with Crippen LogP contribution in [0.5, 0.6) is 0 Å². The summed E-state index contributed by atoms with van der Waals surface area (Å²) in [6.45, 7) is 1.36. The maximum Gasteiger partial charge on any atom is 0.338 e. The standard InChI is InChI=1S/C19H19N3O6/c1-2-3-18(24)21-14-7-4-12(5-8-14)17(23)11-28-19(25)13-6-9-15(20)16(10-13)22(26)27/h4-10H,2-3,11,20H2,1H3,(H,21,24). The lowest BCUT2D eigenvalue weighted by Gasteiger charge is -2.07. The van der Waals surface area contributed by atoms with Crippen molar-refractivity contribution in [3.63, 3.8) is 0 Å². The molecule has 0 unspecified atom stereocenters. The third kappa shape index (κ3) is 5.37. The SMILES string of the molecule is CCCC(=O)Nc1ccc(C(=O)COC(=O)c2ccc(N)c([N+](=O)[O-])c2)cc1. The number of carbonyl (C=O) groups is 3. The normalized spacial score (nSPS) is 10.2. The van der Waals surface area contributed by atoms with Crippen LogP contribution in [0.15, 0.2) is 42.5 Å². The molecule has 0 fully saturated rings. The largest absolute Gasteiger partial charge is 0.454 e. The Bertz CT molecular complexity index is 908.